The van der Waals surface area contributed by atoms with Crippen LogP contribution < -0.4 is 0 Å². The second kappa shape index (κ2) is 5.37. The summed E-state index contributed by atoms with van der Waals surface area (Å²) >= 11 is 17.4. The van der Waals surface area contributed by atoms with Gasteiger partial charge in [0.25, 0.3) is 0 Å². The Kier molecular flexibility index (Phi) is 4.68. The molecule has 1 aromatic carbocycles. The summed E-state index contributed by atoms with van der Waals surface area (Å²) in [6.07, 6.45) is 0. The molecule has 5 heteroatoms. The van der Waals surface area contributed by atoms with Gasteiger partial charge >= 0.3 is 0 Å². The fourth-order valence-electron chi connectivity index (χ4n) is 1.23. The zero-order valence-electron chi connectivity index (χ0n) is 8.14. The highest BCUT2D eigenvalue weighted by Crippen LogP contribution is 2.32. The topological polar surface area (TPSA) is 29.5 Å². The van der Waals surface area contributed by atoms with Gasteiger partial charge < -0.3 is 9.84 Å². The van der Waals surface area contributed by atoms with Crippen molar-refractivity contribution in [2.45, 2.75) is 12.7 Å². The molecule has 0 heterocycles. The van der Waals surface area contributed by atoms with Crippen molar-refractivity contribution in [2.75, 3.05) is 12.5 Å². The predicted molar refractivity (Wildman–Crippen MR) is 62.7 cm³/mol. The summed E-state index contributed by atoms with van der Waals surface area (Å²) in [7, 11) is 0. The van der Waals surface area contributed by atoms with E-state index in [0.29, 0.717) is 22.2 Å². The molecule has 0 aliphatic heterocycles. The number of hydrogen-bond donors (Lipinski definition) is 1. The van der Waals surface area contributed by atoms with E-state index in [1.54, 1.807) is 19.1 Å². The van der Waals surface area contributed by atoms with E-state index in [1.807, 2.05) is 0 Å². The van der Waals surface area contributed by atoms with Gasteiger partial charge in [0, 0.05) is 17.2 Å². The van der Waals surface area contributed by atoms with Crippen molar-refractivity contribution < 1.29 is 9.84 Å². The normalized spacial score (nSPS) is 15.0. The van der Waals surface area contributed by atoms with Crippen molar-refractivity contribution in [1.29, 1.82) is 0 Å². The lowest BCUT2D eigenvalue weighted by molar-refractivity contribution is -0.192. The molecule has 15 heavy (non-hydrogen) atoms. The average molecular weight is 270 g/mol. The van der Waals surface area contributed by atoms with Crippen molar-refractivity contribution in [3.63, 3.8) is 0 Å². The summed E-state index contributed by atoms with van der Waals surface area (Å²) in [4.78, 5) is 0. The first-order chi connectivity index (χ1) is 7.03. The van der Waals surface area contributed by atoms with E-state index < -0.39 is 5.79 Å². The SMILES string of the molecule is CCOC(O)(CCl)c1ccc(Cl)cc1Cl. The smallest absolute Gasteiger partial charge is 0.207 e. The molecule has 1 rings (SSSR count). The fraction of sp³-hybridized carbons (Fsp3) is 0.400. The van der Waals surface area contributed by atoms with Crippen LogP contribution in [-0.4, -0.2) is 17.6 Å². The molecule has 1 aromatic rings. The summed E-state index contributed by atoms with van der Waals surface area (Å²) < 4.78 is 5.18. The Hall–Kier alpha value is 0.01000. The van der Waals surface area contributed by atoms with Crippen molar-refractivity contribution in [1.82, 2.24) is 0 Å². The van der Waals surface area contributed by atoms with Crippen molar-refractivity contribution in [2.24, 2.45) is 0 Å². The molecule has 1 atom stereocenters. The average Bonchev–Trinajstić information content (AvgIpc) is 2.17. The first kappa shape index (κ1) is 13.1. The molecule has 1 N–H and O–H groups in total. The molecule has 0 radical (unpaired) electrons. The Morgan fingerprint density at radius 3 is 2.53 bits per heavy atom. The molecule has 0 saturated carbocycles. The third-order valence-electron chi connectivity index (χ3n) is 1.92. The number of halogens is 3. The van der Waals surface area contributed by atoms with Crippen molar-refractivity contribution in [3.8, 4) is 0 Å². The van der Waals surface area contributed by atoms with E-state index in [0.717, 1.165) is 0 Å². The second-order valence-electron chi connectivity index (χ2n) is 2.98. The highest BCUT2D eigenvalue weighted by molar-refractivity contribution is 6.35. The maximum absolute atomic E-state index is 10.1. The van der Waals surface area contributed by atoms with Gasteiger partial charge in [-0.05, 0) is 19.1 Å². The molecular weight excluding hydrogens is 258 g/mol. The van der Waals surface area contributed by atoms with E-state index in [9.17, 15) is 5.11 Å². The summed E-state index contributed by atoms with van der Waals surface area (Å²) in [5.41, 5.74) is 0.422. The van der Waals surface area contributed by atoms with Crippen LogP contribution >= 0.6 is 34.8 Å². The monoisotopic (exact) mass is 268 g/mol. The first-order valence-corrected chi connectivity index (χ1v) is 5.70. The van der Waals surface area contributed by atoms with Crippen LogP contribution in [0.5, 0.6) is 0 Å². The molecule has 0 aromatic heterocycles. The van der Waals surface area contributed by atoms with Crippen LogP contribution in [0.25, 0.3) is 0 Å². The van der Waals surface area contributed by atoms with Crippen LogP contribution in [0.1, 0.15) is 12.5 Å². The minimum absolute atomic E-state index is 0.0950. The van der Waals surface area contributed by atoms with Gasteiger partial charge in [0.05, 0.1) is 10.9 Å². The minimum Gasteiger partial charge on any atom is -0.361 e. The number of alkyl halides is 1. The van der Waals surface area contributed by atoms with Gasteiger partial charge in [-0.1, -0.05) is 29.3 Å². The largest absolute Gasteiger partial charge is 0.361 e. The van der Waals surface area contributed by atoms with E-state index in [1.165, 1.54) is 6.07 Å². The van der Waals surface area contributed by atoms with Gasteiger partial charge in [0.2, 0.25) is 5.79 Å². The van der Waals surface area contributed by atoms with Crippen LogP contribution in [-0.2, 0) is 10.5 Å². The Morgan fingerprint density at radius 2 is 2.07 bits per heavy atom. The van der Waals surface area contributed by atoms with Crippen LogP contribution in [0.4, 0.5) is 0 Å². The Labute approximate surface area is 104 Å². The summed E-state index contributed by atoms with van der Waals surface area (Å²) in [5, 5.41) is 10.9. The van der Waals surface area contributed by atoms with Gasteiger partial charge in [0.1, 0.15) is 0 Å². The quantitative estimate of drug-likeness (QED) is 0.670. The van der Waals surface area contributed by atoms with Crippen LogP contribution in [0.2, 0.25) is 10.0 Å². The number of hydrogen-bond acceptors (Lipinski definition) is 2. The van der Waals surface area contributed by atoms with Crippen molar-refractivity contribution >= 4 is 34.8 Å². The number of aliphatic hydroxyl groups is 1. The van der Waals surface area contributed by atoms with Gasteiger partial charge in [0.15, 0.2) is 0 Å². The maximum Gasteiger partial charge on any atom is 0.207 e. The number of benzene rings is 1. The molecule has 84 valence electrons. The van der Waals surface area contributed by atoms with Crippen LogP contribution in [0, 0.1) is 0 Å². The van der Waals surface area contributed by atoms with E-state index >= 15 is 0 Å². The molecule has 0 bridgehead atoms. The molecule has 1 unspecified atom stereocenters. The Bertz CT molecular complexity index is 343. The molecular formula is C10H11Cl3O2. The fourth-order valence-corrected chi connectivity index (χ4v) is 2.01. The zero-order chi connectivity index (χ0) is 11.5. The number of ether oxygens (including phenoxy) is 1. The summed E-state index contributed by atoms with van der Waals surface area (Å²) in [6.45, 7) is 2.10. The highest BCUT2D eigenvalue weighted by Gasteiger charge is 2.31. The Balaban J connectivity index is 3.12. The maximum atomic E-state index is 10.1. The standard InChI is InChI=1S/C10H11Cl3O2/c1-2-15-10(14,6-11)8-4-3-7(12)5-9(8)13/h3-5,14H,2,6H2,1H3. The molecule has 0 amide bonds. The lowest BCUT2D eigenvalue weighted by atomic mass is 10.1. The molecule has 2 nitrogen and oxygen atoms in total. The highest BCUT2D eigenvalue weighted by atomic mass is 35.5. The lowest BCUT2D eigenvalue weighted by Crippen LogP contribution is -2.31. The van der Waals surface area contributed by atoms with Crippen molar-refractivity contribution in [3.05, 3.63) is 33.8 Å². The van der Waals surface area contributed by atoms with Gasteiger partial charge in [-0.2, -0.15) is 0 Å². The first-order valence-electron chi connectivity index (χ1n) is 4.41. The van der Waals surface area contributed by atoms with Crippen LogP contribution in [0.3, 0.4) is 0 Å². The second-order valence-corrected chi connectivity index (χ2v) is 4.09. The Morgan fingerprint density at radius 1 is 1.40 bits per heavy atom. The zero-order valence-corrected chi connectivity index (χ0v) is 10.4. The van der Waals surface area contributed by atoms with Gasteiger partial charge in [-0.15, -0.1) is 11.6 Å². The van der Waals surface area contributed by atoms with Gasteiger partial charge in [-0.3, -0.25) is 0 Å². The molecule has 0 fully saturated rings. The minimum atomic E-state index is -1.56. The van der Waals surface area contributed by atoms with Crippen LogP contribution in [0.15, 0.2) is 18.2 Å². The molecule has 0 spiro atoms. The molecule has 0 aliphatic rings. The summed E-state index contributed by atoms with van der Waals surface area (Å²) in [5.74, 6) is -1.65. The van der Waals surface area contributed by atoms with E-state index in [-0.39, 0.29) is 5.88 Å². The third-order valence-corrected chi connectivity index (χ3v) is 2.83. The third kappa shape index (κ3) is 2.99. The lowest BCUT2D eigenvalue weighted by Gasteiger charge is -2.26. The predicted octanol–water partition coefficient (Wildman–Crippen LogP) is 3.41. The summed E-state index contributed by atoms with van der Waals surface area (Å²) in [6, 6.07) is 4.76. The molecule has 0 aliphatic carbocycles. The van der Waals surface area contributed by atoms with E-state index in [2.05, 4.69) is 0 Å². The van der Waals surface area contributed by atoms with Gasteiger partial charge in [-0.25, -0.2) is 0 Å². The molecule has 0 saturated heterocycles. The van der Waals surface area contributed by atoms with E-state index in [4.69, 9.17) is 39.5 Å². The number of rotatable bonds is 4.